The molecule has 1 aromatic carbocycles. The third-order valence-corrected chi connectivity index (χ3v) is 1.91. The molecule has 0 aromatic heterocycles. The van der Waals surface area contributed by atoms with Crippen molar-refractivity contribution in [2.45, 2.75) is 13.3 Å². The highest BCUT2D eigenvalue weighted by Crippen LogP contribution is 2.18. The van der Waals surface area contributed by atoms with Crippen molar-refractivity contribution in [3.63, 3.8) is 0 Å². The largest absolute Gasteiger partial charge is 0.478 e. The van der Waals surface area contributed by atoms with Crippen LogP contribution in [0.15, 0.2) is 31.0 Å². The van der Waals surface area contributed by atoms with Crippen LogP contribution in [0, 0.1) is 0 Å². The Kier molecular flexibility index (Phi) is 3.29. The van der Waals surface area contributed by atoms with Crippen LogP contribution in [0.1, 0.15) is 22.8 Å². The maximum absolute atomic E-state index is 10.8. The molecule has 0 radical (unpaired) electrons. The van der Waals surface area contributed by atoms with Crippen molar-refractivity contribution in [3.8, 4) is 5.75 Å². The zero-order chi connectivity index (χ0) is 10.6. The second-order valence-electron chi connectivity index (χ2n) is 2.76. The molecule has 0 aliphatic rings. The minimum Gasteiger partial charge on any atom is -0.478 e. The lowest BCUT2D eigenvalue weighted by Gasteiger charge is -2.05. The average molecular weight is 192 g/mol. The number of hydrogen-bond donors (Lipinski definition) is 1. The number of rotatable bonds is 4. The van der Waals surface area contributed by atoms with Gasteiger partial charge in [0.25, 0.3) is 0 Å². The number of ether oxygens (including phenoxy) is 1. The van der Waals surface area contributed by atoms with Crippen molar-refractivity contribution < 1.29 is 14.6 Å². The van der Waals surface area contributed by atoms with Crippen LogP contribution in [0.4, 0.5) is 0 Å². The second-order valence-corrected chi connectivity index (χ2v) is 2.76. The fourth-order valence-corrected chi connectivity index (χ4v) is 1.24. The molecule has 0 fully saturated rings. The van der Waals surface area contributed by atoms with E-state index in [-0.39, 0.29) is 0 Å². The monoisotopic (exact) mass is 192 g/mol. The summed E-state index contributed by atoms with van der Waals surface area (Å²) in [7, 11) is 0. The molecule has 1 rings (SSSR count). The fourth-order valence-electron chi connectivity index (χ4n) is 1.24. The summed E-state index contributed by atoms with van der Waals surface area (Å²) in [6, 6.07) is 4.87. The summed E-state index contributed by atoms with van der Waals surface area (Å²) in [4.78, 5) is 10.8. The molecule has 0 saturated heterocycles. The molecular weight excluding hydrogens is 180 g/mol. The minimum absolute atomic E-state index is 0.323. The highest BCUT2D eigenvalue weighted by molar-refractivity contribution is 5.89. The molecule has 3 nitrogen and oxygen atoms in total. The fraction of sp³-hybridized carbons (Fsp3) is 0.182. The summed E-state index contributed by atoms with van der Waals surface area (Å²) in [6.07, 6.45) is 1.98. The van der Waals surface area contributed by atoms with E-state index >= 15 is 0 Å². The van der Waals surface area contributed by atoms with E-state index < -0.39 is 5.97 Å². The van der Waals surface area contributed by atoms with Crippen LogP contribution in [-0.4, -0.2) is 11.1 Å². The zero-order valence-electron chi connectivity index (χ0n) is 7.99. The highest BCUT2D eigenvalue weighted by atomic mass is 16.5. The van der Waals surface area contributed by atoms with E-state index in [0.717, 1.165) is 5.56 Å². The van der Waals surface area contributed by atoms with E-state index in [4.69, 9.17) is 9.84 Å². The van der Waals surface area contributed by atoms with Crippen LogP contribution in [0.25, 0.3) is 0 Å². The van der Waals surface area contributed by atoms with E-state index in [1.807, 2.05) is 6.92 Å². The van der Waals surface area contributed by atoms with Gasteiger partial charge >= 0.3 is 5.97 Å². The molecule has 0 saturated carbocycles. The van der Waals surface area contributed by atoms with Crippen LogP contribution < -0.4 is 4.74 Å². The number of aromatic carboxylic acids is 1. The molecule has 0 bridgehead atoms. The Bertz CT molecular complexity index is 356. The third-order valence-electron chi connectivity index (χ3n) is 1.91. The summed E-state index contributed by atoms with van der Waals surface area (Å²) >= 11 is 0. The van der Waals surface area contributed by atoms with Gasteiger partial charge in [-0.25, -0.2) is 4.79 Å². The maximum atomic E-state index is 10.8. The summed E-state index contributed by atoms with van der Waals surface area (Å²) in [6.45, 7) is 5.33. The Balaban J connectivity index is 3.10. The van der Waals surface area contributed by atoms with Gasteiger partial charge in [-0.05, 0) is 30.2 Å². The van der Waals surface area contributed by atoms with Gasteiger partial charge in [-0.15, -0.1) is 0 Å². The first-order valence-corrected chi connectivity index (χ1v) is 4.32. The van der Waals surface area contributed by atoms with Crippen LogP contribution >= 0.6 is 0 Å². The van der Waals surface area contributed by atoms with Crippen LogP contribution in [-0.2, 0) is 6.42 Å². The molecule has 0 amide bonds. The van der Waals surface area contributed by atoms with E-state index in [0.29, 0.717) is 17.7 Å². The standard InChI is InChI=1S/C11H12O3/c1-3-8-7-9(14-4-2)5-6-10(8)11(12)13/h4-7H,2-3H2,1H3,(H,12,13). The number of benzene rings is 1. The van der Waals surface area contributed by atoms with Gasteiger partial charge in [0.15, 0.2) is 0 Å². The topological polar surface area (TPSA) is 46.5 Å². The van der Waals surface area contributed by atoms with Gasteiger partial charge in [0.1, 0.15) is 5.75 Å². The van der Waals surface area contributed by atoms with Crippen molar-refractivity contribution in [3.05, 3.63) is 42.2 Å². The number of hydrogen-bond acceptors (Lipinski definition) is 2. The zero-order valence-corrected chi connectivity index (χ0v) is 7.99. The first-order chi connectivity index (χ1) is 6.69. The number of carboxylic acids is 1. The highest BCUT2D eigenvalue weighted by Gasteiger charge is 2.08. The van der Waals surface area contributed by atoms with Gasteiger partial charge < -0.3 is 9.84 Å². The molecule has 0 spiro atoms. The first-order valence-electron chi connectivity index (χ1n) is 4.32. The predicted molar refractivity (Wildman–Crippen MR) is 53.6 cm³/mol. The van der Waals surface area contributed by atoms with Crippen molar-refractivity contribution in [2.24, 2.45) is 0 Å². The molecule has 1 N–H and O–H groups in total. The number of carboxylic acid groups (broad SMARTS) is 1. The lowest BCUT2D eigenvalue weighted by Crippen LogP contribution is -2.01. The molecule has 1 aromatic rings. The molecular formula is C11H12O3. The van der Waals surface area contributed by atoms with Crippen molar-refractivity contribution >= 4 is 5.97 Å². The Morgan fingerprint density at radius 2 is 2.36 bits per heavy atom. The summed E-state index contributed by atoms with van der Waals surface area (Å²) in [5, 5.41) is 8.86. The van der Waals surface area contributed by atoms with E-state index in [2.05, 4.69) is 6.58 Å². The van der Waals surface area contributed by atoms with Gasteiger partial charge in [0.2, 0.25) is 0 Å². The number of carbonyl (C=O) groups is 1. The molecule has 0 aliphatic carbocycles. The Morgan fingerprint density at radius 1 is 1.64 bits per heavy atom. The van der Waals surface area contributed by atoms with Crippen LogP contribution in [0.5, 0.6) is 5.75 Å². The lowest BCUT2D eigenvalue weighted by molar-refractivity contribution is 0.0695. The molecule has 14 heavy (non-hydrogen) atoms. The van der Waals surface area contributed by atoms with Crippen LogP contribution in [0.2, 0.25) is 0 Å². The van der Waals surface area contributed by atoms with E-state index in [1.165, 1.54) is 6.26 Å². The first kappa shape index (κ1) is 10.3. The Morgan fingerprint density at radius 3 is 2.86 bits per heavy atom. The normalized spacial score (nSPS) is 9.50. The third kappa shape index (κ3) is 2.13. The lowest BCUT2D eigenvalue weighted by atomic mass is 10.1. The quantitative estimate of drug-likeness (QED) is 0.745. The molecule has 0 heterocycles. The molecule has 74 valence electrons. The van der Waals surface area contributed by atoms with E-state index in [9.17, 15) is 4.79 Å². The van der Waals surface area contributed by atoms with Crippen molar-refractivity contribution in [1.29, 1.82) is 0 Å². The van der Waals surface area contributed by atoms with Crippen LogP contribution in [0.3, 0.4) is 0 Å². The molecule has 0 atom stereocenters. The van der Waals surface area contributed by atoms with Gasteiger partial charge in [-0.2, -0.15) is 0 Å². The van der Waals surface area contributed by atoms with Crippen molar-refractivity contribution in [1.82, 2.24) is 0 Å². The minimum atomic E-state index is -0.910. The smallest absolute Gasteiger partial charge is 0.335 e. The second kappa shape index (κ2) is 4.46. The summed E-state index contributed by atoms with van der Waals surface area (Å²) in [5.74, 6) is -0.297. The molecule has 0 aliphatic heterocycles. The Labute approximate surface area is 82.6 Å². The van der Waals surface area contributed by atoms with Gasteiger partial charge in [-0.1, -0.05) is 13.5 Å². The van der Waals surface area contributed by atoms with E-state index in [1.54, 1.807) is 18.2 Å². The number of aryl methyl sites for hydroxylation is 1. The predicted octanol–water partition coefficient (Wildman–Crippen LogP) is 2.47. The summed E-state index contributed by atoms with van der Waals surface area (Å²) < 4.78 is 5.05. The van der Waals surface area contributed by atoms with Gasteiger partial charge in [0, 0.05) is 0 Å². The molecule has 0 unspecified atom stereocenters. The maximum Gasteiger partial charge on any atom is 0.335 e. The molecule has 3 heteroatoms. The van der Waals surface area contributed by atoms with Gasteiger partial charge in [-0.3, -0.25) is 0 Å². The van der Waals surface area contributed by atoms with Gasteiger partial charge in [0.05, 0.1) is 11.8 Å². The SMILES string of the molecule is C=COc1ccc(C(=O)O)c(CC)c1. The van der Waals surface area contributed by atoms with Crippen molar-refractivity contribution in [2.75, 3.05) is 0 Å². The summed E-state index contributed by atoms with van der Waals surface area (Å²) in [5.41, 5.74) is 1.08. The average Bonchev–Trinajstić information content (AvgIpc) is 2.17. The Hall–Kier alpha value is -1.77.